The smallest absolute Gasteiger partial charge is 0.185 e. The fraction of sp³-hybridized carbons (Fsp3) is 0.364. The van der Waals surface area contributed by atoms with Crippen LogP contribution in [0.2, 0.25) is 0 Å². The van der Waals surface area contributed by atoms with Gasteiger partial charge < -0.3 is 10.2 Å². The number of benzene rings is 1. The van der Waals surface area contributed by atoms with Gasteiger partial charge in [-0.1, -0.05) is 17.8 Å². The minimum atomic E-state index is -1.69. The SMILES string of the molecule is CC(=O)SCC(O)C(O)c1c(F)cccc1F. The zero-order valence-electron chi connectivity index (χ0n) is 9.06. The summed E-state index contributed by atoms with van der Waals surface area (Å²) in [6.07, 6.45) is -3.10. The topological polar surface area (TPSA) is 57.5 Å². The maximum absolute atomic E-state index is 13.3. The highest BCUT2D eigenvalue weighted by atomic mass is 32.2. The van der Waals surface area contributed by atoms with Gasteiger partial charge in [-0.15, -0.1) is 0 Å². The number of carbonyl (C=O) groups excluding carboxylic acids is 1. The van der Waals surface area contributed by atoms with E-state index < -0.39 is 29.4 Å². The van der Waals surface area contributed by atoms with E-state index in [4.69, 9.17) is 0 Å². The van der Waals surface area contributed by atoms with Gasteiger partial charge in [-0.2, -0.15) is 0 Å². The molecule has 0 amide bonds. The van der Waals surface area contributed by atoms with Crippen LogP contribution in [0.25, 0.3) is 0 Å². The summed E-state index contributed by atoms with van der Waals surface area (Å²) in [7, 11) is 0. The van der Waals surface area contributed by atoms with Gasteiger partial charge in [0.15, 0.2) is 5.12 Å². The van der Waals surface area contributed by atoms with E-state index >= 15 is 0 Å². The molecule has 0 saturated carbocycles. The Morgan fingerprint density at radius 1 is 1.35 bits per heavy atom. The van der Waals surface area contributed by atoms with Gasteiger partial charge in [0, 0.05) is 12.7 Å². The van der Waals surface area contributed by atoms with E-state index in [0.717, 1.165) is 30.0 Å². The monoisotopic (exact) mass is 262 g/mol. The summed E-state index contributed by atoms with van der Waals surface area (Å²) < 4.78 is 26.6. The van der Waals surface area contributed by atoms with E-state index in [2.05, 4.69) is 0 Å². The molecule has 3 nitrogen and oxygen atoms in total. The molecule has 0 radical (unpaired) electrons. The Bertz CT molecular complexity index is 391. The molecule has 0 saturated heterocycles. The van der Waals surface area contributed by atoms with Crippen LogP contribution in [0.5, 0.6) is 0 Å². The van der Waals surface area contributed by atoms with Crippen molar-refractivity contribution in [2.24, 2.45) is 0 Å². The Kier molecular flexibility index (Phi) is 5.04. The van der Waals surface area contributed by atoms with Crippen LogP contribution in [0.4, 0.5) is 8.78 Å². The van der Waals surface area contributed by atoms with Crippen LogP contribution in [-0.2, 0) is 4.79 Å². The van der Waals surface area contributed by atoms with Crippen LogP contribution in [0, 0.1) is 11.6 Å². The van der Waals surface area contributed by atoms with Gasteiger partial charge in [-0.05, 0) is 12.1 Å². The van der Waals surface area contributed by atoms with Gasteiger partial charge in [-0.25, -0.2) is 8.78 Å². The lowest BCUT2D eigenvalue weighted by Crippen LogP contribution is -2.23. The summed E-state index contributed by atoms with van der Waals surface area (Å²) in [5.41, 5.74) is -0.579. The fourth-order valence-corrected chi connectivity index (χ4v) is 1.87. The molecule has 17 heavy (non-hydrogen) atoms. The molecule has 0 bridgehead atoms. The van der Waals surface area contributed by atoms with Crippen LogP contribution >= 0.6 is 11.8 Å². The zero-order valence-corrected chi connectivity index (χ0v) is 9.88. The first-order valence-electron chi connectivity index (χ1n) is 4.87. The average Bonchev–Trinajstić information content (AvgIpc) is 2.25. The van der Waals surface area contributed by atoms with Gasteiger partial charge in [0.1, 0.15) is 17.7 Å². The van der Waals surface area contributed by atoms with E-state index in [-0.39, 0.29) is 10.9 Å². The maximum Gasteiger partial charge on any atom is 0.185 e. The highest BCUT2D eigenvalue weighted by Crippen LogP contribution is 2.25. The van der Waals surface area contributed by atoms with Gasteiger partial charge in [-0.3, -0.25) is 4.79 Å². The molecule has 0 aliphatic carbocycles. The van der Waals surface area contributed by atoms with Gasteiger partial charge in [0.2, 0.25) is 0 Å². The zero-order chi connectivity index (χ0) is 13.0. The fourth-order valence-electron chi connectivity index (χ4n) is 1.28. The Morgan fingerprint density at radius 3 is 2.35 bits per heavy atom. The summed E-state index contributed by atoms with van der Waals surface area (Å²) in [6, 6.07) is 3.15. The molecule has 2 unspecified atom stereocenters. The maximum atomic E-state index is 13.3. The van der Waals surface area contributed by atoms with Crippen molar-refractivity contribution in [3.05, 3.63) is 35.4 Å². The summed E-state index contributed by atoms with van der Waals surface area (Å²) in [5, 5.41) is 18.9. The van der Waals surface area contributed by atoms with Gasteiger partial charge >= 0.3 is 0 Å². The Hall–Kier alpha value is -0.980. The van der Waals surface area contributed by atoms with Gasteiger partial charge in [0.25, 0.3) is 0 Å². The van der Waals surface area contributed by atoms with E-state index in [1.54, 1.807) is 0 Å². The van der Waals surface area contributed by atoms with E-state index in [1.807, 2.05) is 0 Å². The van der Waals surface area contributed by atoms with Crippen molar-refractivity contribution in [2.75, 3.05) is 5.75 Å². The van der Waals surface area contributed by atoms with Crippen molar-refractivity contribution < 1.29 is 23.8 Å². The minimum absolute atomic E-state index is 0.121. The Labute approximate surface area is 101 Å². The van der Waals surface area contributed by atoms with Crippen molar-refractivity contribution >= 4 is 16.9 Å². The molecule has 6 heteroatoms. The summed E-state index contributed by atoms with van der Waals surface area (Å²) >= 11 is 0.780. The quantitative estimate of drug-likeness (QED) is 0.866. The van der Waals surface area contributed by atoms with Crippen LogP contribution in [-0.4, -0.2) is 27.2 Å². The lowest BCUT2D eigenvalue weighted by molar-refractivity contribution is -0.109. The average molecular weight is 262 g/mol. The largest absolute Gasteiger partial charge is 0.389 e. The number of carbonyl (C=O) groups is 1. The third kappa shape index (κ3) is 3.76. The molecular weight excluding hydrogens is 250 g/mol. The molecule has 1 aromatic rings. The standard InChI is InChI=1S/C11H12F2O3S/c1-6(14)17-5-9(15)11(16)10-7(12)3-2-4-8(10)13/h2-4,9,11,15-16H,5H2,1H3. The number of aliphatic hydroxyl groups is 2. The minimum Gasteiger partial charge on any atom is -0.389 e. The second-order valence-corrected chi connectivity index (χ2v) is 4.65. The van der Waals surface area contributed by atoms with Crippen molar-refractivity contribution in [2.45, 2.75) is 19.1 Å². The highest BCUT2D eigenvalue weighted by molar-refractivity contribution is 8.13. The molecule has 2 N–H and O–H groups in total. The molecule has 0 spiro atoms. The molecule has 94 valence electrons. The van der Waals surface area contributed by atoms with Crippen LogP contribution in [0.1, 0.15) is 18.6 Å². The lowest BCUT2D eigenvalue weighted by Gasteiger charge is -2.18. The third-order valence-corrected chi connectivity index (χ3v) is 3.03. The molecule has 1 rings (SSSR count). The predicted octanol–water partition coefficient (Wildman–Crippen LogP) is 1.64. The highest BCUT2D eigenvalue weighted by Gasteiger charge is 2.25. The molecule has 0 heterocycles. The Morgan fingerprint density at radius 2 is 1.88 bits per heavy atom. The van der Waals surface area contributed by atoms with Crippen LogP contribution < -0.4 is 0 Å². The molecule has 0 aliphatic rings. The third-order valence-electron chi connectivity index (χ3n) is 2.12. The number of rotatable bonds is 4. The first-order valence-corrected chi connectivity index (χ1v) is 5.85. The molecule has 0 aliphatic heterocycles. The molecule has 0 aromatic heterocycles. The molecule has 0 fully saturated rings. The first-order chi connectivity index (χ1) is 7.93. The van der Waals surface area contributed by atoms with Gasteiger partial charge in [0.05, 0.1) is 11.7 Å². The van der Waals surface area contributed by atoms with E-state index in [1.165, 1.54) is 6.92 Å². The first kappa shape index (κ1) is 14.1. The molecule has 1 aromatic carbocycles. The van der Waals surface area contributed by atoms with Crippen molar-refractivity contribution in [1.29, 1.82) is 0 Å². The van der Waals surface area contributed by atoms with Crippen LogP contribution in [0.15, 0.2) is 18.2 Å². The summed E-state index contributed by atoms with van der Waals surface area (Å²) in [4.78, 5) is 10.7. The van der Waals surface area contributed by atoms with Crippen LogP contribution in [0.3, 0.4) is 0 Å². The number of thioether (sulfide) groups is 1. The van der Waals surface area contributed by atoms with E-state index in [9.17, 15) is 23.8 Å². The summed E-state index contributed by atoms with van der Waals surface area (Å²) in [5.74, 6) is -1.97. The Balaban J connectivity index is 2.81. The number of aliphatic hydroxyl groups excluding tert-OH is 2. The predicted molar refractivity (Wildman–Crippen MR) is 60.5 cm³/mol. The van der Waals surface area contributed by atoms with E-state index in [0.29, 0.717) is 0 Å². The second kappa shape index (κ2) is 6.09. The van der Waals surface area contributed by atoms with Crippen molar-refractivity contribution in [3.8, 4) is 0 Å². The second-order valence-electron chi connectivity index (χ2n) is 3.45. The normalized spacial score (nSPS) is 14.4. The number of halogens is 2. The molecule has 2 atom stereocenters. The lowest BCUT2D eigenvalue weighted by atomic mass is 10.0. The number of hydrogen-bond acceptors (Lipinski definition) is 4. The molecular formula is C11H12F2O3S. The number of hydrogen-bond donors (Lipinski definition) is 2. The van der Waals surface area contributed by atoms with Crippen molar-refractivity contribution in [1.82, 2.24) is 0 Å². The summed E-state index contributed by atoms with van der Waals surface area (Å²) in [6.45, 7) is 1.30. The van der Waals surface area contributed by atoms with Crippen molar-refractivity contribution in [3.63, 3.8) is 0 Å².